The Morgan fingerprint density at radius 2 is 1.84 bits per heavy atom. The molecule has 138 valence electrons. The van der Waals surface area contributed by atoms with E-state index < -0.39 is 0 Å². The van der Waals surface area contributed by atoms with E-state index in [-0.39, 0.29) is 48.1 Å². The Kier molecular flexibility index (Phi) is 7.44. The van der Waals surface area contributed by atoms with E-state index in [1.165, 1.54) is 5.56 Å². The number of halogens is 2. The molecule has 0 radical (unpaired) electrons. The van der Waals surface area contributed by atoms with Crippen molar-refractivity contribution in [1.29, 1.82) is 0 Å². The fourth-order valence-electron chi connectivity index (χ4n) is 2.93. The predicted octanol–water partition coefficient (Wildman–Crippen LogP) is 3.85. The van der Waals surface area contributed by atoms with Gasteiger partial charge in [0.25, 0.3) is 5.91 Å². The molecule has 7 heteroatoms. The molecule has 0 bridgehead atoms. The first-order valence-corrected chi connectivity index (χ1v) is 8.80. The van der Waals surface area contributed by atoms with Gasteiger partial charge in [-0.3, -0.25) is 4.79 Å². The fraction of sp³-hybridized carbons (Fsp3) is 0.444. The molecular formula is C18H25Cl2N3OS. The number of rotatable bonds is 2. The van der Waals surface area contributed by atoms with E-state index in [2.05, 4.69) is 37.9 Å². The van der Waals surface area contributed by atoms with Crippen molar-refractivity contribution in [2.45, 2.75) is 38.1 Å². The molecule has 2 atom stereocenters. The van der Waals surface area contributed by atoms with Gasteiger partial charge in [-0.2, -0.15) is 0 Å². The van der Waals surface area contributed by atoms with E-state index in [0.717, 1.165) is 5.01 Å². The molecule has 1 aliphatic heterocycles. The number of nitrogens with two attached hydrogens (primary N) is 1. The van der Waals surface area contributed by atoms with Gasteiger partial charge >= 0.3 is 0 Å². The third-order valence-electron chi connectivity index (χ3n) is 4.24. The number of aromatic nitrogens is 1. The highest BCUT2D eigenvalue weighted by Gasteiger charge is 2.35. The van der Waals surface area contributed by atoms with E-state index >= 15 is 0 Å². The number of amides is 1. The van der Waals surface area contributed by atoms with Crippen molar-refractivity contribution >= 4 is 42.1 Å². The van der Waals surface area contributed by atoms with Crippen LogP contribution in [0.5, 0.6) is 0 Å². The van der Waals surface area contributed by atoms with Crippen LogP contribution in [-0.2, 0) is 5.41 Å². The molecule has 25 heavy (non-hydrogen) atoms. The first-order chi connectivity index (χ1) is 10.9. The summed E-state index contributed by atoms with van der Waals surface area (Å²) in [5.41, 5.74) is 7.99. The molecule has 1 saturated heterocycles. The van der Waals surface area contributed by atoms with Crippen LogP contribution in [0.4, 0.5) is 0 Å². The summed E-state index contributed by atoms with van der Waals surface area (Å²) in [5, 5.41) is 2.86. The molecule has 0 unspecified atom stereocenters. The minimum absolute atomic E-state index is 0. The molecular weight excluding hydrogens is 377 g/mol. The van der Waals surface area contributed by atoms with Crippen LogP contribution < -0.4 is 5.73 Å². The number of carbonyl (C=O) groups is 1. The zero-order valence-corrected chi connectivity index (χ0v) is 17.1. The standard InChI is InChI=1S/C18H23N3OS.2ClH/c1-18(2,3)17-20-15(11-23-17)16(22)21-9-13(14(19)10-21)12-7-5-4-6-8-12;;/h4-8,11,13-14H,9-10,19H2,1-3H3;2*1H/t13-,14+;;/m0../s1. The third kappa shape index (κ3) is 4.73. The van der Waals surface area contributed by atoms with Crippen molar-refractivity contribution in [3.05, 3.63) is 52.0 Å². The smallest absolute Gasteiger partial charge is 0.273 e. The van der Waals surface area contributed by atoms with Gasteiger partial charge < -0.3 is 10.6 Å². The Balaban J connectivity index is 0.00000156. The zero-order chi connectivity index (χ0) is 16.6. The lowest BCUT2D eigenvalue weighted by Gasteiger charge is -2.16. The Bertz CT molecular complexity index is 700. The Morgan fingerprint density at radius 1 is 1.20 bits per heavy atom. The summed E-state index contributed by atoms with van der Waals surface area (Å²) in [4.78, 5) is 19.1. The number of nitrogens with zero attached hydrogens (tertiary/aromatic N) is 2. The third-order valence-corrected chi connectivity index (χ3v) is 5.51. The molecule has 1 amide bonds. The second-order valence-electron chi connectivity index (χ2n) is 7.18. The summed E-state index contributed by atoms with van der Waals surface area (Å²) in [7, 11) is 0. The number of benzene rings is 1. The molecule has 0 spiro atoms. The fourth-order valence-corrected chi connectivity index (χ4v) is 3.81. The van der Waals surface area contributed by atoms with Crippen LogP contribution >= 0.6 is 36.2 Å². The van der Waals surface area contributed by atoms with Gasteiger partial charge in [0.15, 0.2) is 0 Å². The first kappa shape index (κ1) is 21.9. The number of carbonyl (C=O) groups excluding carboxylic acids is 1. The van der Waals surface area contributed by atoms with Gasteiger partial charge in [0, 0.05) is 35.8 Å². The quantitative estimate of drug-likeness (QED) is 0.830. The SMILES string of the molecule is CC(C)(C)c1nc(C(=O)N2C[C@@H](N)[C@H](c3ccccc3)C2)cs1.Cl.Cl. The van der Waals surface area contributed by atoms with Gasteiger partial charge in [0.2, 0.25) is 0 Å². The zero-order valence-electron chi connectivity index (χ0n) is 14.6. The van der Waals surface area contributed by atoms with Crippen LogP contribution in [0.15, 0.2) is 35.7 Å². The van der Waals surface area contributed by atoms with Crippen molar-refractivity contribution in [3.8, 4) is 0 Å². The Morgan fingerprint density at radius 3 is 2.40 bits per heavy atom. The van der Waals surface area contributed by atoms with E-state index in [1.54, 1.807) is 11.3 Å². The van der Waals surface area contributed by atoms with Crippen LogP contribution in [0.1, 0.15) is 47.7 Å². The lowest BCUT2D eigenvalue weighted by Crippen LogP contribution is -2.32. The molecule has 1 fully saturated rings. The number of hydrogen-bond donors (Lipinski definition) is 1. The van der Waals surface area contributed by atoms with E-state index in [0.29, 0.717) is 18.8 Å². The van der Waals surface area contributed by atoms with Crippen molar-refractivity contribution in [1.82, 2.24) is 9.88 Å². The maximum Gasteiger partial charge on any atom is 0.273 e. The normalized spacial score (nSPS) is 19.9. The van der Waals surface area contributed by atoms with Gasteiger partial charge in [-0.05, 0) is 5.56 Å². The lowest BCUT2D eigenvalue weighted by molar-refractivity contribution is 0.0784. The van der Waals surface area contributed by atoms with Gasteiger partial charge in [-0.15, -0.1) is 36.2 Å². The largest absolute Gasteiger partial charge is 0.335 e. The van der Waals surface area contributed by atoms with Crippen LogP contribution in [0, 0.1) is 0 Å². The van der Waals surface area contributed by atoms with Gasteiger partial charge in [0.1, 0.15) is 5.69 Å². The Labute approximate surface area is 165 Å². The summed E-state index contributed by atoms with van der Waals surface area (Å²) in [5.74, 6) is 0.187. The maximum absolute atomic E-state index is 12.7. The molecule has 2 aromatic rings. The van der Waals surface area contributed by atoms with Crippen LogP contribution in [0.3, 0.4) is 0 Å². The van der Waals surface area contributed by atoms with E-state index in [4.69, 9.17) is 5.73 Å². The summed E-state index contributed by atoms with van der Waals surface area (Å²) in [6.07, 6.45) is 0. The monoisotopic (exact) mass is 401 g/mol. The average molecular weight is 402 g/mol. The van der Waals surface area contributed by atoms with Crippen LogP contribution in [-0.4, -0.2) is 34.9 Å². The minimum atomic E-state index is -0.0306. The highest BCUT2D eigenvalue weighted by molar-refractivity contribution is 7.10. The van der Waals surface area contributed by atoms with Crippen molar-refractivity contribution in [2.24, 2.45) is 5.73 Å². The second kappa shape index (κ2) is 8.49. The highest BCUT2D eigenvalue weighted by atomic mass is 35.5. The summed E-state index contributed by atoms with van der Waals surface area (Å²) in [6, 6.07) is 10.2. The molecule has 1 aromatic carbocycles. The minimum Gasteiger partial charge on any atom is -0.335 e. The first-order valence-electron chi connectivity index (χ1n) is 7.92. The number of hydrogen-bond acceptors (Lipinski definition) is 4. The van der Waals surface area contributed by atoms with Crippen LogP contribution in [0.25, 0.3) is 0 Å². The summed E-state index contributed by atoms with van der Waals surface area (Å²) in [6.45, 7) is 7.57. The summed E-state index contributed by atoms with van der Waals surface area (Å²) >= 11 is 1.55. The van der Waals surface area contributed by atoms with Crippen molar-refractivity contribution in [3.63, 3.8) is 0 Å². The van der Waals surface area contributed by atoms with Gasteiger partial charge in [-0.25, -0.2) is 4.98 Å². The number of likely N-dealkylation sites (tertiary alicyclic amines) is 1. The maximum atomic E-state index is 12.7. The van der Waals surface area contributed by atoms with E-state index in [9.17, 15) is 4.79 Å². The Hall–Kier alpha value is -1.14. The second-order valence-corrected chi connectivity index (χ2v) is 8.04. The molecule has 2 N–H and O–H groups in total. The lowest BCUT2D eigenvalue weighted by atomic mass is 9.95. The topological polar surface area (TPSA) is 59.2 Å². The van der Waals surface area contributed by atoms with Crippen molar-refractivity contribution in [2.75, 3.05) is 13.1 Å². The van der Waals surface area contributed by atoms with Crippen LogP contribution in [0.2, 0.25) is 0 Å². The predicted molar refractivity (Wildman–Crippen MR) is 108 cm³/mol. The molecule has 1 aliphatic rings. The number of thiazole rings is 1. The summed E-state index contributed by atoms with van der Waals surface area (Å²) < 4.78 is 0. The van der Waals surface area contributed by atoms with Gasteiger partial charge in [0.05, 0.1) is 5.01 Å². The van der Waals surface area contributed by atoms with E-state index in [1.807, 2.05) is 28.5 Å². The molecule has 2 heterocycles. The van der Waals surface area contributed by atoms with Gasteiger partial charge in [-0.1, -0.05) is 51.1 Å². The highest BCUT2D eigenvalue weighted by Crippen LogP contribution is 2.29. The molecule has 0 aliphatic carbocycles. The molecule has 1 aromatic heterocycles. The average Bonchev–Trinajstić information content (AvgIpc) is 3.14. The van der Waals surface area contributed by atoms with Crippen molar-refractivity contribution < 1.29 is 4.79 Å². The molecule has 0 saturated carbocycles. The molecule has 4 nitrogen and oxygen atoms in total. The molecule has 3 rings (SSSR count).